The van der Waals surface area contributed by atoms with Crippen molar-refractivity contribution in [3.8, 4) is 0 Å². The number of benzene rings is 1. The Balaban J connectivity index is 2.00. The highest BCUT2D eigenvalue weighted by Crippen LogP contribution is 2.39. The molecule has 0 aliphatic carbocycles. The summed E-state index contributed by atoms with van der Waals surface area (Å²) in [6, 6.07) is 5.12. The normalized spacial score (nSPS) is 19.6. The van der Waals surface area contributed by atoms with E-state index in [0.717, 1.165) is 11.0 Å². The Hall–Kier alpha value is -1.77. The average molecular weight is 361 g/mol. The second kappa shape index (κ2) is 6.19. The summed E-state index contributed by atoms with van der Waals surface area (Å²) >= 11 is 4.39. The minimum absolute atomic E-state index is 0.306. The van der Waals surface area contributed by atoms with Gasteiger partial charge in [-0.1, -0.05) is 12.1 Å². The van der Waals surface area contributed by atoms with Gasteiger partial charge in [-0.3, -0.25) is 4.98 Å². The largest absolute Gasteiger partial charge is 0.491 e. The molecule has 0 bridgehead atoms. The van der Waals surface area contributed by atoms with Crippen LogP contribution in [-0.2, 0) is 9.31 Å². The second-order valence-corrected chi connectivity index (χ2v) is 7.39. The summed E-state index contributed by atoms with van der Waals surface area (Å²) in [5.41, 5.74) is 0.493. The third kappa shape index (κ3) is 3.34. The molecule has 1 aromatic carbocycles. The number of hydrogen-bond acceptors (Lipinski definition) is 6. The molecule has 1 saturated heterocycles. The first-order valence-corrected chi connectivity index (χ1v) is 8.60. The van der Waals surface area contributed by atoms with Crippen molar-refractivity contribution in [1.82, 2.24) is 4.98 Å². The molecular formula is C17H20BNO5S. The number of rotatable bonds is 3. The Kier molecular flexibility index (Phi) is 4.47. The minimum atomic E-state index is -0.769. The molecule has 0 radical (unpaired) electrons. The predicted octanol–water partition coefficient (Wildman–Crippen LogP) is 2.43. The van der Waals surface area contributed by atoms with Gasteiger partial charge in [0.1, 0.15) is 0 Å². The molecular weight excluding hydrogens is 341 g/mol. The van der Waals surface area contributed by atoms with Crippen LogP contribution in [0.5, 0.6) is 0 Å². The van der Waals surface area contributed by atoms with Crippen molar-refractivity contribution in [2.45, 2.75) is 38.9 Å². The maximum atomic E-state index is 11.9. The Morgan fingerprint density at radius 1 is 1.20 bits per heavy atom. The van der Waals surface area contributed by atoms with Gasteiger partial charge in [-0.25, -0.2) is 9.59 Å². The monoisotopic (exact) mass is 361 g/mol. The number of aromatic nitrogens is 1. The zero-order valence-electron chi connectivity index (χ0n) is 14.6. The molecule has 0 unspecified atom stereocenters. The number of fused-ring (bicyclic) bond motifs is 1. The van der Waals surface area contributed by atoms with Crippen LogP contribution in [0.3, 0.4) is 0 Å². The number of hydrogen-bond donors (Lipinski definition) is 2. The van der Waals surface area contributed by atoms with Gasteiger partial charge in [0.2, 0.25) is 0 Å². The van der Waals surface area contributed by atoms with Crippen molar-refractivity contribution in [2.24, 2.45) is 0 Å². The summed E-state index contributed by atoms with van der Waals surface area (Å²) in [5, 5.41) is 0.306. The van der Waals surface area contributed by atoms with Crippen LogP contribution in [0, 0.1) is 0 Å². The summed E-state index contributed by atoms with van der Waals surface area (Å²) in [4.78, 5) is 25.6. The van der Waals surface area contributed by atoms with Crippen LogP contribution in [0.2, 0.25) is 0 Å². The second-order valence-electron chi connectivity index (χ2n) is 7.07. The molecule has 0 atom stereocenters. The molecule has 1 N–H and O–H groups in total. The van der Waals surface area contributed by atoms with Crippen LogP contribution in [0.1, 0.15) is 33.3 Å². The summed E-state index contributed by atoms with van der Waals surface area (Å²) in [5.74, 6) is -0.330. The van der Waals surface area contributed by atoms with E-state index < -0.39 is 29.7 Å². The van der Waals surface area contributed by atoms with E-state index in [4.69, 9.17) is 9.31 Å². The Bertz CT molecular complexity index is 943. The maximum Gasteiger partial charge on any atom is 0.491 e. The van der Waals surface area contributed by atoms with Gasteiger partial charge in [0.25, 0.3) is 0 Å². The topological polar surface area (TPSA) is 81.5 Å². The fraction of sp³-hybridized carbons (Fsp3) is 0.412. The Morgan fingerprint density at radius 2 is 1.84 bits per heavy atom. The van der Waals surface area contributed by atoms with Gasteiger partial charge in [0.05, 0.1) is 22.1 Å². The number of thiol groups is 1. The lowest BCUT2D eigenvalue weighted by Crippen LogP contribution is -2.41. The van der Waals surface area contributed by atoms with Gasteiger partial charge in [-0.15, -0.1) is 0 Å². The molecule has 1 aliphatic heterocycles. The van der Waals surface area contributed by atoms with Crippen molar-refractivity contribution in [2.75, 3.05) is 5.75 Å². The van der Waals surface area contributed by atoms with Crippen LogP contribution >= 0.6 is 12.6 Å². The molecule has 25 heavy (non-hydrogen) atoms. The van der Waals surface area contributed by atoms with Crippen molar-refractivity contribution in [3.63, 3.8) is 0 Å². The Morgan fingerprint density at radius 3 is 2.44 bits per heavy atom. The molecule has 0 saturated carbocycles. The van der Waals surface area contributed by atoms with Gasteiger partial charge in [0, 0.05) is 5.75 Å². The van der Waals surface area contributed by atoms with E-state index in [1.165, 1.54) is 0 Å². The summed E-state index contributed by atoms with van der Waals surface area (Å²) in [6.07, 6.45) is 1.87. The smallest absolute Gasteiger partial charge is 0.400 e. The lowest BCUT2D eigenvalue weighted by atomic mass is 9.78. The molecule has 8 heteroatoms. The van der Waals surface area contributed by atoms with Gasteiger partial charge in [0.15, 0.2) is 0 Å². The zero-order chi connectivity index (χ0) is 18.4. The van der Waals surface area contributed by atoms with Crippen molar-refractivity contribution >= 4 is 36.7 Å². The van der Waals surface area contributed by atoms with Crippen LogP contribution in [0.4, 0.5) is 0 Å². The van der Waals surface area contributed by atoms with E-state index in [9.17, 15) is 9.59 Å². The fourth-order valence-electron chi connectivity index (χ4n) is 2.60. The maximum absolute atomic E-state index is 11.9. The van der Waals surface area contributed by atoms with E-state index in [0.29, 0.717) is 16.7 Å². The lowest BCUT2D eigenvalue weighted by molar-refractivity contribution is 0.00578. The molecule has 1 fully saturated rings. The third-order valence-corrected chi connectivity index (χ3v) is 5.14. The average Bonchev–Trinajstić information content (AvgIpc) is 2.73. The lowest BCUT2D eigenvalue weighted by Gasteiger charge is -2.32. The van der Waals surface area contributed by atoms with Gasteiger partial charge in [-0.05, 0) is 50.9 Å². The van der Waals surface area contributed by atoms with Gasteiger partial charge in [-0.2, -0.15) is 12.6 Å². The molecule has 0 spiro atoms. The Labute approximate surface area is 150 Å². The van der Waals surface area contributed by atoms with Gasteiger partial charge < -0.3 is 13.7 Å². The summed E-state index contributed by atoms with van der Waals surface area (Å²) in [6.45, 7) is 7.95. The third-order valence-electron chi connectivity index (χ3n) is 4.78. The van der Waals surface area contributed by atoms with Gasteiger partial charge >= 0.3 is 18.5 Å². The fourth-order valence-corrected chi connectivity index (χ4v) is 2.84. The van der Waals surface area contributed by atoms with Crippen molar-refractivity contribution in [3.05, 3.63) is 50.2 Å². The summed E-state index contributed by atoms with van der Waals surface area (Å²) in [7, 11) is -0.509. The SMILES string of the molecule is CC1(C)OB(C(=Cc2ccc3[nH]c(=O)oc(=O)c3c2)CS)OC1(C)C. The number of nitrogens with one attached hydrogen (secondary N) is 1. The van der Waals surface area contributed by atoms with Crippen molar-refractivity contribution in [1.29, 1.82) is 0 Å². The minimum Gasteiger partial charge on any atom is -0.400 e. The molecule has 1 aromatic heterocycles. The molecule has 1 aliphatic rings. The number of H-pyrrole nitrogens is 1. The quantitative estimate of drug-likeness (QED) is 0.648. The molecule has 6 nitrogen and oxygen atoms in total. The molecule has 2 heterocycles. The van der Waals surface area contributed by atoms with Crippen LogP contribution in [0.25, 0.3) is 17.0 Å². The summed E-state index contributed by atoms with van der Waals surface area (Å²) < 4.78 is 16.7. The standard InChI is InChI=1S/C17H20BNO5S/c1-16(2)17(3,4)24-18(23-16)11(9-25)7-10-5-6-13-12(8-10)14(20)22-15(21)19-13/h5-8,25H,9H2,1-4H3,(H,19,21). The van der Waals surface area contributed by atoms with Crippen LogP contribution < -0.4 is 11.4 Å². The zero-order valence-corrected chi connectivity index (χ0v) is 15.5. The highest BCUT2D eigenvalue weighted by Gasteiger charge is 2.52. The van der Waals surface area contributed by atoms with E-state index >= 15 is 0 Å². The predicted molar refractivity (Wildman–Crippen MR) is 101 cm³/mol. The van der Waals surface area contributed by atoms with E-state index in [-0.39, 0.29) is 0 Å². The van der Waals surface area contributed by atoms with Crippen molar-refractivity contribution < 1.29 is 13.7 Å². The van der Waals surface area contributed by atoms with E-state index in [1.807, 2.05) is 33.8 Å². The number of aromatic amines is 1. The highest BCUT2D eigenvalue weighted by molar-refractivity contribution is 7.80. The first kappa shape index (κ1) is 18.0. The van der Waals surface area contributed by atoms with E-state index in [2.05, 4.69) is 22.0 Å². The van der Waals surface area contributed by atoms with Crippen LogP contribution in [-0.4, -0.2) is 29.1 Å². The molecule has 132 valence electrons. The first-order valence-electron chi connectivity index (χ1n) is 7.97. The van der Waals surface area contributed by atoms with E-state index in [1.54, 1.807) is 18.2 Å². The molecule has 2 aromatic rings. The molecule has 3 rings (SSSR count). The molecule has 0 amide bonds. The first-order chi connectivity index (χ1) is 11.6. The highest BCUT2D eigenvalue weighted by atomic mass is 32.1. The van der Waals surface area contributed by atoms with Crippen LogP contribution in [0.15, 0.2) is 37.7 Å².